The molecule has 2 unspecified atom stereocenters. The number of carbonyl (C=O) groups excluding carboxylic acids is 7. The van der Waals surface area contributed by atoms with Gasteiger partial charge in [-0.25, -0.2) is 9.59 Å². The highest BCUT2D eigenvalue weighted by Gasteiger charge is 2.54. The minimum absolute atomic E-state index is 0.00818. The molecule has 6 atom stereocenters. The highest BCUT2D eigenvalue weighted by Crippen LogP contribution is 2.44. The minimum Gasteiger partial charge on any atom is -0.484 e. The molecule has 3 N–H and O–H groups in total. The van der Waals surface area contributed by atoms with E-state index >= 15 is 0 Å². The smallest absolute Gasteiger partial charge is 0.412 e. The Morgan fingerprint density at radius 1 is 0.790 bits per heavy atom. The van der Waals surface area contributed by atoms with Crippen molar-refractivity contribution >= 4 is 47.7 Å². The van der Waals surface area contributed by atoms with Crippen molar-refractivity contribution < 1.29 is 71.8 Å². The van der Waals surface area contributed by atoms with Gasteiger partial charge in [0.1, 0.15) is 37.2 Å². The first kappa shape index (κ1) is 44.9. The average molecular weight is 860 g/mol. The van der Waals surface area contributed by atoms with Gasteiger partial charge in [-0.05, 0) is 52.8 Å². The zero-order valence-electron chi connectivity index (χ0n) is 34.7. The van der Waals surface area contributed by atoms with Crippen LogP contribution in [-0.2, 0) is 59.0 Å². The van der Waals surface area contributed by atoms with Crippen LogP contribution in [0.25, 0.3) is 11.1 Å². The number of likely N-dealkylation sites (tertiary alicyclic amines) is 1. The van der Waals surface area contributed by atoms with Gasteiger partial charge >= 0.3 is 36.1 Å². The van der Waals surface area contributed by atoms with Gasteiger partial charge < -0.3 is 48.9 Å². The molecule has 3 aromatic rings. The third-order valence-electron chi connectivity index (χ3n) is 10.7. The Morgan fingerprint density at radius 2 is 1.42 bits per heavy atom. The second-order valence-electron chi connectivity index (χ2n) is 15.0. The molecule has 0 bridgehead atoms. The summed E-state index contributed by atoms with van der Waals surface area (Å²) in [7, 11) is 1.12. The maximum absolute atomic E-state index is 13.5. The van der Waals surface area contributed by atoms with Crippen molar-refractivity contribution in [3.8, 4) is 16.9 Å². The van der Waals surface area contributed by atoms with E-state index in [0.29, 0.717) is 24.9 Å². The third kappa shape index (κ3) is 10.8. The molecule has 3 aliphatic rings. The Hall–Kier alpha value is -6.69. The van der Waals surface area contributed by atoms with Crippen LogP contribution in [0.4, 0.5) is 15.3 Å². The van der Waals surface area contributed by atoms with Crippen LogP contribution in [0.1, 0.15) is 69.1 Å². The fourth-order valence-corrected chi connectivity index (χ4v) is 8.00. The molecule has 62 heavy (non-hydrogen) atoms. The Kier molecular flexibility index (Phi) is 14.6. The van der Waals surface area contributed by atoms with Gasteiger partial charge in [-0.15, -0.1) is 0 Å². The average Bonchev–Trinajstić information content (AvgIpc) is 3.81. The predicted octanol–water partition coefficient (Wildman–Crippen LogP) is 4.34. The molecule has 1 aliphatic heterocycles. The Labute approximate surface area is 357 Å². The van der Waals surface area contributed by atoms with Crippen LogP contribution in [-0.4, -0.2) is 109 Å². The highest BCUT2D eigenvalue weighted by atomic mass is 16.6. The van der Waals surface area contributed by atoms with E-state index in [9.17, 15) is 38.7 Å². The molecule has 3 amide bonds. The van der Waals surface area contributed by atoms with Gasteiger partial charge in [0, 0.05) is 52.6 Å². The number of hydrogen-bond acceptors (Lipinski definition) is 15. The molecule has 2 aliphatic carbocycles. The summed E-state index contributed by atoms with van der Waals surface area (Å²) in [5.41, 5.74) is 4.69. The van der Waals surface area contributed by atoms with Crippen molar-refractivity contribution in [3.05, 3.63) is 83.4 Å². The first-order chi connectivity index (χ1) is 29.7. The molecule has 1 heterocycles. The minimum atomic E-state index is -1.52. The van der Waals surface area contributed by atoms with E-state index in [1.807, 2.05) is 48.5 Å². The van der Waals surface area contributed by atoms with E-state index in [-0.39, 0.29) is 50.0 Å². The number of nitrogens with one attached hydrogen (secondary N) is 2. The molecule has 330 valence electrons. The standard InChI is InChI=1S/C44H49N3O15/c1-24(48)59-39-32(42(53)56-4)21-36(40(60-25(2)49)41(39)61-26(3)50)62-35-16-15-27(22-58-44(55)47-19-9-14-38(47)52)20-34(35)46-37(51)17-18-45-43(54)57-23-33-30-12-7-5-10-28(30)29-11-6-8-13-31(29)33/h5-8,10-13,15-16,20,32-33,36,38-41,52H,9,14,17-19,21-23H2,1-4H3,(H,45,54)(H,46,51)/t32-,36?,38?,39+,40-,41-/m0/s1. The number of amides is 3. The molecular formula is C44H49N3O15. The molecule has 18 nitrogen and oxygen atoms in total. The Bertz CT molecular complexity index is 2130. The summed E-state index contributed by atoms with van der Waals surface area (Å²) in [6.45, 7) is 3.30. The van der Waals surface area contributed by atoms with E-state index in [1.54, 1.807) is 0 Å². The topological polar surface area (TPSA) is 232 Å². The number of esters is 4. The lowest BCUT2D eigenvalue weighted by atomic mass is 9.80. The van der Waals surface area contributed by atoms with Gasteiger partial charge in [-0.1, -0.05) is 54.6 Å². The number of aliphatic hydroxyl groups is 1. The zero-order valence-corrected chi connectivity index (χ0v) is 34.7. The van der Waals surface area contributed by atoms with Crippen LogP contribution < -0.4 is 15.4 Å². The van der Waals surface area contributed by atoms with Crippen molar-refractivity contribution in [3.63, 3.8) is 0 Å². The van der Waals surface area contributed by atoms with Gasteiger partial charge in [-0.2, -0.15) is 0 Å². The second-order valence-corrected chi connectivity index (χ2v) is 15.0. The number of hydrogen-bond donors (Lipinski definition) is 3. The summed E-state index contributed by atoms with van der Waals surface area (Å²) >= 11 is 0. The molecule has 0 radical (unpaired) electrons. The number of alkyl carbamates (subject to hydrolysis) is 1. The van der Waals surface area contributed by atoms with Gasteiger partial charge in [0.15, 0.2) is 18.3 Å². The fourth-order valence-electron chi connectivity index (χ4n) is 8.00. The lowest BCUT2D eigenvalue weighted by molar-refractivity contribution is -0.213. The van der Waals surface area contributed by atoms with Crippen LogP contribution >= 0.6 is 0 Å². The summed E-state index contributed by atoms with van der Waals surface area (Å²) in [4.78, 5) is 90.2. The lowest BCUT2D eigenvalue weighted by Crippen LogP contribution is -2.61. The van der Waals surface area contributed by atoms with E-state index < -0.39 is 78.5 Å². The monoisotopic (exact) mass is 859 g/mol. The number of methoxy groups -OCH3 is 1. The molecule has 2 fully saturated rings. The highest BCUT2D eigenvalue weighted by molar-refractivity contribution is 5.92. The molecule has 6 rings (SSSR count). The third-order valence-corrected chi connectivity index (χ3v) is 10.7. The van der Waals surface area contributed by atoms with Crippen molar-refractivity contribution in [2.45, 2.75) is 89.6 Å². The van der Waals surface area contributed by atoms with Crippen LogP contribution in [0.2, 0.25) is 0 Å². The largest absolute Gasteiger partial charge is 0.484 e. The first-order valence-electron chi connectivity index (χ1n) is 20.1. The van der Waals surface area contributed by atoms with E-state index in [0.717, 1.165) is 50.1 Å². The lowest BCUT2D eigenvalue weighted by Gasteiger charge is -2.43. The summed E-state index contributed by atoms with van der Waals surface area (Å²) in [6, 6.07) is 20.3. The van der Waals surface area contributed by atoms with Crippen molar-refractivity contribution in [1.82, 2.24) is 10.2 Å². The Balaban J connectivity index is 1.18. The van der Waals surface area contributed by atoms with Gasteiger partial charge in [0.05, 0.1) is 12.8 Å². The number of nitrogens with zero attached hydrogens (tertiary/aromatic N) is 1. The number of aliphatic hydroxyl groups excluding tert-OH is 1. The molecule has 3 aromatic carbocycles. The van der Waals surface area contributed by atoms with Crippen molar-refractivity contribution in [2.75, 3.05) is 32.1 Å². The molecular weight excluding hydrogens is 810 g/mol. The van der Waals surface area contributed by atoms with Crippen LogP contribution in [0.15, 0.2) is 66.7 Å². The predicted molar refractivity (Wildman–Crippen MR) is 216 cm³/mol. The number of rotatable bonds is 14. The van der Waals surface area contributed by atoms with Crippen LogP contribution in [0, 0.1) is 5.92 Å². The maximum atomic E-state index is 13.5. The maximum Gasteiger partial charge on any atom is 0.412 e. The number of benzene rings is 3. The quantitative estimate of drug-likeness (QED) is 0.151. The molecule has 18 heteroatoms. The van der Waals surface area contributed by atoms with Gasteiger partial charge in [0.2, 0.25) is 5.91 Å². The number of carbonyl (C=O) groups is 7. The normalized spacial score (nSPS) is 21.3. The zero-order chi connectivity index (χ0) is 44.5. The van der Waals surface area contributed by atoms with E-state index in [2.05, 4.69) is 10.6 Å². The van der Waals surface area contributed by atoms with Crippen LogP contribution in [0.5, 0.6) is 5.75 Å². The second kappa shape index (κ2) is 20.2. The summed E-state index contributed by atoms with van der Waals surface area (Å²) in [5, 5.41) is 15.5. The van der Waals surface area contributed by atoms with Gasteiger partial charge in [-0.3, -0.25) is 28.9 Å². The van der Waals surface area contributed by atoms with E-state index in [4.69, 9.17) is 33.2 Å². The Morgan fingerprint density at radius 3 is 2.03 bits per heavy atom. The molecule has 0 aromatic heterocycles. The molecule has 1 saturated heterocycles. The van der Waals surface area contributed by atoms with E-state index in [1.165, 1.54) is 23.1 Å². The number of ether oxygens (including phenoxy) is 7. The van der Waals surface area contributed by atoms with Crippen molar-refractivity contribution in [1.29, 1.82) is 0 Å². The summed E-state index contributed by atoms with van der Waals surface area (Å²) in [5.74, 6) is -5.30. The van der Waals surface area contributed by atoms with Crippen molar-refractivity contribution in [2.24, 2.45) is 5.92 Å². The molecule has 1 saturated carbocycles. The summed E-state index contributed by atoms with van der Waals surface area (Å²) < 4.78 is 38.9. The van der Waals surface area contributed by atoms with Crippen LogP contribution in [0.3, 0.4) is 0 Å². The molecule has 0 spiro atoms. The number of fused-ring (bicyclic) bond motifs is 3. The number of anilines is 1. The summed E-state index contributed by atoms with van der Waals surface area (Å²) in [6.07, 6.45) is -7.54. The van der Waals surface area contributed by atoms with Gasteiger partial charge in [0.25, 0.3) is 0 Å². The fraction of sp³-hybridized carbons (Fsp3) is 0.432. The first-order valence-corrected chi connectivity index (χ1v) is 20.1. The SMILES string of the molecule is COC(=O)[C@H]1CC(Oc2ccc(COC(=O)N3CCCC3O)cc2NC(=O)CCNC(=O)OCC2c3ccccc3-c3ccccc32)[C@H](OC(C)=O)[C@@H](OC(C)=O)[C@@H]1OC(C)=O.